The summed E-state index contributed by atoms with van der Waals surface area (Å²) < 4.78 is 0. The first-order chi connectivity index (χ1) is 6.09. The van der Waals surface area contributed by atoms with E-state index in [9.17, 15) is 4.79 Å². The molecule has 76 valence electrons. The third kappa shape index (κ3) is 17.9. The zero-order valence-electron chi connectivity index (χ0n) is 7.86. The smallest absolute Gasteiger partial charge is 0.480 e. The molecule has 0 aliphatic heterocycles. The van der Waals surface area contributed by atoms with Crippen molar-refractivity contribution in [2.45, 2.75) is 25.3 Å². The first-order valence-electron chi connectivity index (χ1n) is 3.59. The summed E-state index contributed by atoms with van der Waals surface area (Å²) in [6.07, 6.45) is 2.16. The number of rotatable bonds is 5. The molecule has 0 radical (unpaired) electrons. The van der Waals surface area contributed by atoms with Crippen molar-refractivity contribution in [3.05, 3.63) is 0 Å². The fraction of sp³-hybridized carbons (Fsp3) is 0.714. The average molecular weight is 209 g/mol. The summed E-state index contributed by atoms with van der Waals surface area (Å²) in [5.74, 6) is 1.07. The van der Waals surface area contributed by atoms with Gasteiger partial charge in [0.25, 0.3) is 0 Å². The molecule has 14 heavy (non-hydrogen) atoms. The van der Waals surface area contributed by atoms with Gasteiger partial charge in [-0.05, 0) is 19.4 Å². The van der Waals surface area contributed by atoms with E-state index >= 15 is 0 Å². The second-order valence-corrected chi connectivity index (χ2v) is 2.23. The van der Waals surface area contributed by atoms with E-state index in [-0.39, 0.29) is 37.4 Å². The molecular formula is C7H17BN3NaO2. The Morgan fingerprint density at radius 3 is 2.29 bits per heavy atom. The molecule has 0 fully saturated rings. The third-order valence-electron chi connectivity index (χ3n) is 1.29. The number of hydrogen-bond donors (Lipinski definition) is 3. The molecule has 0 aliphatic rings. The Hall–Kier alpha value is -0.0551. The standard InChI is InChI=1S/C6H14N2O2.CH3BN.Na/c7-4-2-1-3-5(8)6(9)10;2-1-3;/h5H,1-4,7-8H2,(H,9,10);2H3;/q;-1;+1. The Labute approximate surface area is 108 Å². The minimum Gasteiger partial charge on any atom is -0.480 e. The van der Waals surface area contributed by atoms with E-state index in [0.29, 0.717) is 13.0 Å². The Balaban J connectivity index is -0.000000267. The van der Waals surface area contributed by atoms with Crippen LogP contribution >= 0.6 is 0 Å². The third-order valence-corrected chi connectivity index (χ3v) is 1.29. The number of carbonyl (C=O) groups is 1. The van der Waals surface area contributed by atoms with Crippen LogP contribution < -0.4 is 41.0 Å². The normalized spacial score (nSPS) is 9.86. The first kappa shape index (κ1) is 19.5. The van der Waals surface area contributed by atoms with Crippen LogP contribution in [0.25, 0.3) is 0 Å². The summed E-state index contributed by atoms with van der Waals surface area (Å²) in [4.78, 5) is 10.1. The molecule has 0 amide bonds. The Morgan fingerprint density at radius 1 is 1.57 bits per heavy atom. The van der Waals surface area contributed by atoms with Gasteiger partial charge in [0.1, 0.15) is 6.04 Å². The Kier molecular flexibility index (Phi) is 21.5. The molecule has 0 heterocycles. The van der Waals surface area contributed by atoms with Gasteiger partial charge in [0.15, 0.2) is 0 Å². The van der Waals surface area contributed by atoms with Crippen LogP contribution in [0.15, 0.2) is 0 Å². The second kappa shape index (κ2) is 15.4. The molecule has 1 atom stereocenters. The van der Waals surface area contributed by atoms with Gasteiger partial charge >= 0.3 is 35.5 Å². The quantitative estimate of drug-likeness (QED) is 0.311. The molecule has 0 spiro atoms. The van der Waals surface area contributed by atoms with E-state index in [1.54, 1.807) is 0 Å². The monoisotopic (exact) mass is 209 g/mol. The molecule has 0 aromatic carbocycles. The average Bonchev–Trinajstić information content (AvgIpc) is 2.06. The van der Waals surface area contributed by atoms with Crippen LogP contribution in [0.2, 0.25) is 0 Å². The van der Waals surface area contributed by atoms with Crippen LogP contribution in [0.1, 0.15) is 19.3 Å². The van der Waals surface area contributed by atoms with Gasteiger partial charge in [-0.25, -0.2) is 0 Å². The SMILES string of the molecule is NCCCCC(N)C(=O)O.[BH3-]C#N.[Na+]. The van der Waals surface area contributed by atoms with Crippen molar-refractivity contribution in [2.75, 3.05) is 6.54 Å². The van der Waals surface area contributed by atoms with Crippen molar-refractivity contribution >= 4 is 13.8 Å². The molecule has 5 nitrogen and oxygen atoms in total. The molecule has 0 bridgehead atoms. The van der Waals surface area contributed by atoms with Gasteiger partial charge in [-0.3, -0.25) is 10.1 Å². The van der Waals surface area contributed by atoms with Crippen LogP contribution in [0.5, 0.6) is 0 Å². The van der Waals surface area contributed by atoms with E-state index in [1.165, 1.54) is 0 Å². The zero-order chi connectivity index (χ0) is 10.7. The number of nitrogens with zero attached hydrogens (tertiary/aromatic N) is 1. The summed E-state index contributed by atoms with van der Waals surface area (Å²) in [5.41, 5.74) is 10.4. The van der Waals surface area contributed by atoms with Crippen LogP contribution in [0.3, 0.4) is 0 Å². The molecule has 7 heteroatoms. The van der Waals surface area contributed by atoms with Crippen LogP contribution in [0, 0.1) is 11.2 Å². The van der Waals surface area contributed by atoms with Crippen molar-refractivity contribution in [2.24, 2.45) is 11.5 Å². The predicted octanol–water partition coefficient (Wildman–Crippen LogP) is -4.64. The van der Waals surface area contributed by atoms with Gasteiger partial charge < -0.3 is 16.6 Å². The second-order valence-electron chi connectivity index (χ2n) is 2.23. The van der Waals surface area contributed by atoms with E-state index in [1.807, 2.05) is 5.97 Å². The maximum atomic E-state index is 10.1. The summed E-state index contributed by atoms with van der Waals surface area (Å²) in [7, 11) is 0.0694. The van der Waals surface area contributed by atoms with Gasteiger partial charge in [0.2, 0.25) is 0 Å². The largest absolute Gasteiger partial charge is 1.00 e. The van der Waals surface area contributed by atoms with E-state index < -0.39 is 12.0 Å². The Bertz CT molecular complexity index is 175. The fourth-order valence-corrected chi connectivity index (χ4v) is 0.632. The number of carboxylic acid groups (broad SMARTS) is 1. The van der Waals surface area contributed by atoms with E-state index in [0.717, 1.165) is 12.8 Å². The zero-order valence-corrected chi connectivity index (χ0v) is 9.86. The van der Waals surface area contributed by atoms with Gasteiger partial charge in [0, 0.05) is 0 Å². The van der Waals surface area contributed by atoms with Crippen molar-refractivity contribution in [1.82, 2.24) is 0 Å². The van der Waals surface area contributed by atoms with Crippen molar-refractivity contribution in [3.63, 3.8) is 0 Å². The number of nitriles is 1. The van der Waals surface area contributed by atoms with Gasteiger partial charge in [-0.1, -0.05) is 6.42 Å². The van der Waals surface area contributed by atoms with E-state index in [4.69, 9.17) is 21.8 Å². The summed E-state index contributed by atoms with van der Waals surface area (Å²) in [6, 6.07) is -0.716. The predicted molar refractivity (Wildman–Crippen MR) is 54.1 cm³/mol. The van der Waals surface area contributed by atoms with Gasteiger partial charge in [-0.15, -0.1) is 0 Å². The maximum absolute atomic E-state index is 10.1. The molecule has 0 rings (SSSR count). The molecule has 0 saturated heterocycles. The molecule has 1 unspecified atom stereocenters. The van der Waals surface area contributed by atoms with Crippen LogP contribution in [0.4, 0.5) is 0 Å². The van der Waals surface area contributed by atoms with Crippen molar-refractivity contribution in [3.8, 4) is 5.97 Å². The molecule has 0 aromatic rings. The molecule has 5 N–H and O–H groups in total. The number of unbranched alkanes of at least 4 members (excludes halogenated alkanes) is 1. The number of hydrogen-bond acceptors (Lipinski definition) is 4. The van der Waals surface area contributed by atoms with Crippen molar-refractivity contribution < 1.29 is 39.5 Å². The van der Waals surface area contributed by atoms with Gasteiger partial charge in [0.05, 0.1) is 7.85 Å². The number of aliphatic carboxylic acids is 1. The topological polar surface area (TPSA) is 113 Å². The molecule has 0 saturated carbocycles. The minimum absolute atomic E-state index is 0. The van der Waals surface area contributed by atoms with Gasteiger partial charge in [-0.2, -0.15) is 5.97 Å². The van der Waals surface area contributed by atoms with Crippen molar-refractivity contribution in [1.29, 1.82) is 5.26 Å². The fourth-order valence-electron chi connectivity index (χ4n) is 0.632. The molecular weight excluding hydrogens is 192 g/mol. The maximum Gasteiger partial charge on any atom is 1.00 e. The Morgan fingerprint density at radius 2 is 2.00 bits per heavy atom. The van der Waals surface area contributed by atoms with E-state index in [2.05, 4.69) is 0 Å². The minimum atomic E-state index is -0.933. The number of carboxylic acids is 1. The molecule has 0 aromatic heterocycles. The summed E-state index contributed by atoms with van der Waals surface area (Å²) in [6.45, 7) is 0.604. The van der Waals surface area contributed by atoms with Crippen LogP contribution in [-0.2, 0) is 4.79 Å². The first-order valence-corrected chi connectivity index (χ1v) is 3.59. The summed E-state index contributed by atoms with van der Waals surface area (Å²) in [5, 5.41) is 15.8. The van der Waals surface area contributed by atoms with Crippen LogP contribution in [-0.4, -0.2) is 31.5 Å². The summed E-state index contributed by atoms with van der Waals surface area (Å²) >= 11 is 0. The number of nitrogens with two attached hydrogens (primary N) is 2. The molecule has 0 aliphatic carbocycles.